The summed E-state index contributed by atoms with van der Waals surface area (Å²) in [7, 11) is -2.54. The normalized spacial score (nSPS) is 14.3. The van der Waals surface area contributed by atoms with Crippen LogP contribution in [0.1, 0.15) is 95.8 Å². The summed E-state index contributed by atoms with van der Waals surface area (Å²) in [5, 5.41) is 4.47. The Morgan fingerprint density at radius 3 is 1.36 bits per heavy atom. The summed E-state index contributed by atoms with van der Waals surface area (Å²) in [5.41, 5.74) is 7.23. The van der Waals surface area contributed by atoms with E-state index in [1.807, 2.05) is 0 Å². The molecule has 0 aromatic heterocycles. The Balaban J connectivity index is 2.11. The smallest absolute Gasteiger partial charge is 0.0750 e. The van der Waals surface area contributed by atoms with Crippen molar-refractivity contribution in [1.29, 1.82) is 0 Å². The Morgan fingerprint density at radius 1 is 0.583 bits per heavy atom. The van der Waals surface area contributed by atoms with Crippen LogP contribution in [0.5, 0.6) is 0 Å². The van der Waals surface area contributed by atoms with E-state index in [1.54, 1.807) is 0 Å². The third-order valence-corrected chi connectivity index (χ3v) is 12.5. The highest BCUT2D eigenvalue weighted by Crippen LogP contribution is 2.32. The van der Waals surface area contributed by atoms with Crippen LogP contribution in [0.25, 0.3) is 0 Å². The number of hydrogen-bond donors (Lipinski definition) is 0. The van der Waals surface area contributed by atoms with Gasteiger partial charge in [0, 0.05) is 5.54 Å². The van der Waals surface area contributed by atoms with Crippen molar-refractivity contribution in [2.24, 2.45) is 0 Å². The highest BCUT2D eigenvalue weighted by Gasteiger charge is 2.46. The number of rotatable bonds is 9. The molecule has 0 aliphatic heterocycles. The SMILES string of the molecule is CCCC1=C[C]([Si](c2cccc(C(C)C)c2)(c2cccc(C(C)C)c2)c2cccc(C(C)C)c2)C=C1. The van der Waals surface area contributed by atoms with Gasteiger partial charge in [-0.15, -0.1) is 0 Å². The first-order valence-electron chi connectivity index (χ1n) is 13.8. The average molecular weight is 492 g/mol. The third-order valence-electron chi connectivity index (χ3n) is 7.75. The van der Waals surface area contributed by atoms with Crippen molar-refractivity contribution < 1.29 is 0 Å². The van der Waals surface area contributed by atoms with E-state index in [2.05, 4.69) is 139 Å². The lowest BCUT2D eigenvalue weighted by atomic mass is 10.0. The van der Waals surface area contributed by atoms with Gasteiger partial charge in [-0.25, -0.2) is 0 Å². The highest BCUT2D eigenvalue weighted by atomic mass is 28.3. The average Bonchev–Trinajstić information content (AvgIpc) is 3.34. The van der Waals surface area contributed by atoms with Gasteiger partial charge in [0.1, 0.15) is 0 Å². The maximum Gasteiger partial charge on any atom is 0.162 e. The Bertz CT molecular complexity index is 1120. The van der Waals surface area contributed by atoms with E-state index in [-0.39, 0.29) is 0 Å². The van der Waals surface area contributed by atoms with E-state index >= 15 is 0 Å². The summed E-state index contributed by atoms with van der Waals surface area (Å²) in [6, 6.07) is 28.6. The van der Waals surface area contributed by atoms with Gasteiger partial charge in [0.05, 0.1) is 0 Å². The van der Waals surface area contributed by atoms with E-state index in [1.165, 1.54) is 49.8 Å². The van der Waals surface area contributed by atoms with E-state index in [0.717, 1.165) is 6.42 Å². The second kappa shape index (κ2) is 11.2. The van der Waals surface area contributed by atoms with Gasteiger partial charge >= 0.3 is 0 Å². The zero-order valence-electron chi connectivity index (χ0n) is 23.3. The molecule has 0 bridgehead atoms. The van der Waals surface area contributed by atoms with E-state index < -0.39 is 8.07 Å². The van der Waals surface area contributed by atoms with E-state index in [9.17, 15) is 0 Å². The molecule has 0 atom stereocenters. The molecule has 0 amide bonds. The maximum atomic E-state index is 2.53. The van der Waals surface area contributed by atoms with Gasteiger partial charge in [-0.2, -0.15) is 0 Å². The summed E-state index contributed by atoms with van der Waals surface area (Å²) in [4.78, 5) is 0. The molecule has 3 aromatic rings. The molecule has 0 spiro atoms. The van der Waals surface area contributed by atoms with Gasteiger partial charge in [-0.05, 0) is 56.4 Å². The lowest BCUT2D eigenvalue weighted by molar-refractivity contribution is 0.867. The first kappa shape index (κ1) is 26.4. The van der Waals surface area contributed by atoms with Crippen LogP contribution < -0.4 is 15.6 Å². The number of hydrogen-bond acceptors (Lipinski definition) is 0. The minimum atomic E-state index is -2.54. The molecule has 3 aromatic carbocycles. The fraction of sp³-hybridized carbons (Fsp3) is 0.343. The first-order valence-corrected chi connectivity index (χ1v) is 15.8. The van der Waals surface area contributed by atoms with Gasteiger partial charge in [0.2, 0.25) is 0 Å². The monoisotopic (exact) mass is 491 g/mol. The zero-order chi connectivity index (χ0) is 25.9. The Morgan fingerprint density at radius 2 is 1.00 bits per heavy atom. The fourth-order valence-corrected chi connectivity index (χ4v) is 10.5. The van der Waals surface area contributed by atoms with Crippen molar-refractivity contribution in [1.82, 2.24) is 0 Å². The fourth-order valence-electron chi connectivity index (χ4n) is 5.56. The maximum absolute atomic E-state index is 2.54. The lowest BCUT2D eigenvalue weighted by Crippen LogP contribution is -2.70. The van der Waals surface area contributed by atoms with Crippen LogP contribution in [0.3, 0.4) is 0 Å². The molecule has 1 aliphatic carbocycles. The molecule has 36 heavy (non-hydrogen) atoms. The molecule has 1 heteroatoms. The van der Waals surface area contributed by atoms with Gasteiger partial charge in [0.15, 0.2) is 8.07 Å². The standard InChI is InChI=1S/C35H43Si/c1-8-12-28-19-20-35(21-28)36(32-16-9-13-29(22-32)25(2)3,33-17-10-14-30(23-33)26(4)5)34-18-11-15-31(24-34)27(6)7/h9-11,13-27H,8,12H2,1-7H3. The van der Waals surface area contributed by atoms with Crippen LogP contribution in [0.4, 0.5) is 0 Å². The molecule has 0 unspecified atom stereocenters. The summed E-state index contributed by atoms with van der Waals surface area (Å²) in [6.45, 7) is 16.1. The second-order valence-corrected chi connectivity index (χ2v) is 15.2. The second-order valence-electron chi connectivity index (χ2n) is 11.3. The summed E-state index contributed by atoms with van der Waals surface area (Å²) in [5.74, 6) is 1.49. The molecular formula is C35H43Si. The molecule has 187 valence electrons. The summed E-state index contributed by atoms with van der Waals surface area (Å²) < 4.78 is 0. The quantitative estimate of drug-likeness (QED) is 0.210. The van der Waals surface area contributed by atoms with Crippen molar-refractivity contribution in [2.75, 3.05) is 0 Å². The molecule has 0 nitrogen and oxygen atoms in total. The number of benzene rings is 3. The molecule has 1 radical (unpaired) electrons. The van der Waals surface area contributed by atoms with E-state index in [0.29, 0.717) is 17.8 Å². The van der Waals surface area contributed by atoms with Gasteiger partial charge < -0.3 is 0 Å². The van der Waals surface area contributed by atoms with E-state index in [4.69, 9.17) is 0 Å². The van der Waals surface area contributed by atoms with Gasteiger partial charge in [-0.3, -0.25) is 0 Å². The predicted octanol–water partition coefficient (Wildman–Crippen LogP) is 7.94. The molecule has 0 N–H and O–H groups in total. The van der Waals surface area contributed by atoms with Gasteiger partial charge in [-0.1, -0.05) is 151 Å². The van der Waals surface area contributed by atoms with Crippen molar-refractivity contribution >= 4 is 23.6 Å². The molecule has 4 rings (SSSR count). The van der Waals surface area contributed by atoms with Gasteiger partial charge in [0.25, 0.3) is 0 Å². The van der Waals surface area contributed by atoms with Crippen LogP contribution in [-0.4, -0.2) is 8.07 Å². The molecule has 1 aliphatic rings. The minimum absolute atomic E-state index is 0.496. The Hall–Kier alpha value is -2.64. The van der Waals surface area contributed by atoms with Crippen molar-refractivity contribution in [2.45, 2.75) is 79.1 Å². The Kier molecular flexibility index (Phi) is 8.20. The third kappa shape index (κ3) is 5.09. The molecule has 0 saturated heterocycles. The van der Waals surface area contributed by atoms with Crippen LogP contribution in [-0.2, 0) is 0 Å². The van der Waals surface area contributed by atoms with Crippen LogP contribution in [0, 0.1) is 5.54 Å². The summed E-state index contributed by atoms with van der Waals surface area (Å²) >= 11 is 0. The molecule has 0 heterocycles. The zero-order valence-corrected chi connectivity index (χ0v) is 24.3. The highest BCUT2D eigenvalue weighted by molar-refractivity contribution is 7.15. The van der Waals surface area contributed by atoms with Crippen molar-refractivity contribution in [3.05, 3.63) is 119 Å². The summed E-state index contributed by atoms with van der Waals surface area (Å²) in [6.07, 6.45) is 9.66. The van der Waals surface area contributed by atoms with Crippen LogP contribution in [0.2, 0.25) is 0 Å². The first-order chi connectivity index (χ1) is 17.3. The largest absolute Gasteiger partial charge is 0.162 e. The molecule has 0 saturated carbocycles. The van der Waals surface area contributed by atoms with Crippen LogP contribution in [0.15, 0.2) is 96.6 Å². The van der Waals surface area contributed by atoms with Crippen molar-refractivity contribution in [3.63, 3.8) is 0 Å². The molecule has 0 fully saturated rings. The Labute approximate surface area is 221 Å². The van der Waals surface area contributed by atoms with Crippen LogP contribution >= 0.6 is 0 Å². The minimum Gasteiger partial charge on any atom is -0.0750 e. The number of allylic oxidation sites excluding steroid dienone is 4. The predicted molar refractivity (Wildman–Crippen MR) is 162 cm³/mol. The molecular weight excluding hydrogens is 448 g/mol. The van der Waals surface area contributed by atoms with Crippen molar-refractivity contribution in [3.8, 4) is 0 Å². The lowest BCUT2D eigenvalue weighted by Gasteiger charge is -2.38. The topological polar surface area (TPSA) is 0 Å².